The van der Waals surface area contributed by atoms with E-state index in [2.05, 4.69) is 25.7 Å². The molecule has 0 saturated heterocycles. The van der Waals surface area contributed by atoms with Crippen molar-refractivity contribution < 1.29 is 4.74 Å². The lowest BCUT2D eigenvalue weighted by Crippen LogP contribution is -2.04. The lowest BCUT2D eigenvalue weighted by atomic mass is 10.2. The van der Waals surface area contributed by atoms with Crippen LogP contribution >= 0.6 is 0 Å². The van der Waals surface area contributed by atoms with E-state index in [1.807, 2.05) is 0 Å². The molecule has 0 aliphatic carbocycles. The summed E-state index contributed by atoms with van der Waals surface area (Å²) in [5.74, 6) is 6.11. The predicted molar refractivity (Wildman–Crippen MR) is 43.8 cm³/mol. The van der Waals surface area contributed by atoms with Gasteiger partial charge in [-0.05, 0) is 12.8 Å². The van der Waals surface area contributed by atoms with Gasteiger partial charge in [0.05, 0.1) is 0 Å². The van der Waals surface area contributed by atoms with Crippen molar-refractivity contribution in [3.05, 3.63) is 0 Å². The van der Waals surface area contributed by atoms with E-state index in [0.717, 1.165) is 19.3 Å². The molecule has 0 saturated carbocycles. The summed E-state index contributed by atoms with van der Waals surface area (Å²) in [6.07, 6.45) is 3.24. The number of ether oxygens (including phenoxy) is 1. The Kier molecular flexibility index (Phi) is 6.32. The predicted octanol–water partition coefficient (Wildman–Crippen LogP) is 2.21. The molecule has 0 radical (unpaired) electrons. The Morgan fingerprint density at radius 3 is 2.50 bits per heavy atom. The molecule has 1 heteroatoms. The van der Waals surface area contributed by atoms with Crippen LogP contribution in [0.25, 0.3) is 0 Å². The van der Waals surface area contributed by atoms with Crippen LogP contribution in [0.3, 0.4) is 0 Å². The summed E-state index contributed by atoms with van der Waals surface area (Å²) >= 11 is 0. The summed E-state index contributed by atoms with van der Waals surface area (Å²) in [4.78, 5) is 0. The second-order valence-electron chi connectivity index (χ2n) is 2.20. The summed E-state index contributed by atoms with van der Waals surface area (Å²) in [5, 5.41) is 0. The highest BCUT2D eigenvalue weighted by molar-refractivity contribution is 5.04. The summed E-state index contributed by atoms with van der Waals surface area (Å²) in [6, 6.07) is 0. The molecule has 58 valence electrons. The second kappa shape index (κ2) is 6.64. The molecular formula is C9H16O. The summed E-state index contributed by atoms with van der Waals surface area (Å²) < 4.78 is 5.07. The third-order valence-electron chi connectivity index (χ3n) is 1.29. The minimum Gasteiger partial charge on any atom is -0.369 e. The van der Waals surface area contributed by atoms with Gasteiger partial charge in [-0.25, -0.2) is 0 Å². The van der Waals surface area contributed by atoms with Crippen LogP contribution in [0.1, 0.15) is 33.1 Å². The summed E-state index contributed by atoms with van der Waals surface area (Å²) in [7, 11) is 1.70. The van der Waals surface area contributed by atoms with Crippen LogP contribution < -0.4 is 0 Å². The molecule has 0 fully saturated rings. The monoisotopic (exact) mass is 140 g/mol. The Bertz CT molecular complexity index is 114. The maximum atomic E-state index is 5.07. The van der Waals surface area contributed by atoms with Crippen LogP contribution in [0.5, 0.6) is 0 Å². The van der Waals surface area contributed by atoms with Crippen LogP contribution in [-0.4, -0.2) is 13.2 Å². The first-order valence-corrected chi connectivity index (χ1v) is 3.86. The van der Waals surface area contributed by atoms with E-state index in [1.165, 1.54) is 0 Å². The third-order valence-corrected chi connectivity index (χ3v) is 1.29. The van der Waals surface area contributed by atoms with Crippen LogP contribution in [0.4, 0.5) is 0 Å². The molecule has 10 heavy (non-hydrogen) atoms. The zero-order valence-corrected chi connectivity index (χ0v) is 7.11. The molecule has 0 aromatic rings. The van der Waals surface area contributed by atoms with E-state index in [9.17, 15) is 0 Å². The van der Waals surface area contributed by atoms with Crippen molar-refractivity contribution in [3.63, 3.8) is 0 Å². The minimum absolute atomic E-state index is 0.145. The van der Waals surface area contributed by atoms with E-state index >= 15 is 0 Å². The highest BCUT2D eigenvalue weighted by Gasteiger charge is 1.94. The van der Waals surface area contributed by atoms with E-state index < -0.39 is 0 Å². The highest BCUT2D eigenvalue weighted by atomic mass is 16.5. The average Bonchev–Trinajstić information content (AvgIpc) is 1.99. The Labute approximate surface area is 63.8 Å². The van der Waals surface area contributed by atoms with Crippen LogP contribution in [-0.2, 0) is 4.74 Å². The fourth-order valence-electron chi connectivity index (χ4n) is 0.639. The van der Waals surface area contributed by atoms with E-state index in [-0.39, 0.29) is 6.10 Å². The largest absolute Gasteiger partial charge is 0.369 e. The van der Waals surface area contributed by atoms with E-state index in [0.29, 0.717) is 0 Å². The SMILES string of the molecule is CCCC#CC(CC)OC. The third kappa shape index (κ3) is 4.40. The van der Waals surface area contributed by atoms with Crippen molar-refractivity contribution in [2.45, 2.75) is 39.2 Å². The molecule has 0 bridgehead atoms. The first-order valence-electron chi connectivity index (χ1n) is 3.86. The zero-order chi connectivity index (χ0) is 7.82. The van der Waals surface area contributed by atoms with E-state index in [1.54, 1.807) is 7.11 Å². The molecule has 1 atom stereocenters. The molecule has 0 rings (SSSR count). The number of unbranched alkanes of at least 4 members (excludes halogenated alkanes) is 1. The quantitative estimate of drug-likeness (QED) is 0.546. The van der Waals surface area contributed by atoms with Gasteiger partial charge in [0.15, 0.2) is 0 Å². The van der Waals surface area contributed by atoms with Gasteiger partial charge >= 0.3 is 0 Å². The lowest BCUT2D eigenvalue weighted by Gasteiger charge is -2.02. The Morgan fingerprint density at radius 2 is 2.10 bits per heavy atom. The molecule has 1 nitrogen and oxygen atoms in total. The molecule has 0 amide bonds. The van der Waals surface area contributed by atoms with Gasteiger partial charge in [0, 0.05) is 13.5 Å². The number of rotatable bonds is 3. The topological polar surface area (TPSA) is 9.23 Å². The number of hydrogen-bond acceptors (Lipinski definition) is 1. The van der Waals surface area contributed by atoms with Crippen molar-refractivity contribution in [3.8, 4) is 11.8 Å². The van der Waals surface area contributed by atoms with Gasteiger partial charge in [-0.3, -0.25) is 0 Å². The molecule has 0 aliphatic heterocycles. The van der Waals surface area contributed by atoms with Crippen molar-refractivity contribution in [2.24, 2.45) is 0 Å². The highest BCUT2D eigenvalue weighted by Crippen LogP contribution is 1.93. The fraction of sp³-hybridized carbons (Fsp3) is 0.778. The van der Waals surface area contributed by atoms with Crippen molar-refractivity contribution in [1.82, 2.24) is 0 Å². The summed E-state index contributed by atoms with van der Waals surface area (Å²) in [5.41, 5.74) is 0. The van der Waals surface area contributed by atoms with Gasteiger partial charge in [-0.1, -0.05) is 19.8 Å². The van der Waals surface area contributed by atoms with Crippen LogP contribution in [0.2, 0.25) is 0 Å². The standard InChI is InChI=1S/C9H16O/c1-4-6-7-8-9(5-2)10-3/h9H,4-6H2,1-3H3. The fourth-order valence-corrected chi connectivity index (χ4v) is 0.639. The zero-order valence-electron chi connectivity index (χ0n) is 7.11. The van der Waals surface area contributed by atoms with Crippen molar-refractivity contribution in [1.29, 1.82) is 0 Å². The Balaban J connectivity index is 3.52. The van der Waals surface area contributed by atoms with Gasteiger partial charge in [0.1, 0.15) is 6.10 Å². The van der Waals surface area contributed by atoms with Crippen LogP contribution in [0.15, 0.2) is 0 Å². The molecule has 1 unspecified atom stereocenters. The Morgan fingerprint density at radius 1 is 1.40 bits per heavy atom. The van der Waals surface area contributed by atoms with Gasteiger partial charge in [-0.15, -0.1) is 5.92 Å². The summed E-state index contributed by atoms with van der Waals surface area (Å²) in [6.45, 7) is 4.21. The maximum absolute atomic E-state index is 5.07. The van der Waals surface area contributed by atoms with E-state index in [4.69, 9.17) is 4.74 Å². The molecule has 0 heterocycles. The average molecular weight is 140 g/mol. The number of methoxy groups -OCH3 is 1. The molecule has 0 N–H and O–H groups in total. The minimum atomic E-state index is 0.145. The smallest absolute Gasteiger partial charge is 0.117 e. The lowest BCUT2D eigenvalue weighted by molar-refractivity contribution is 0.145. The van der Waals surface area contributed by atoms with Gasteiger partial charge < -0.3 is 4.74 Å². The molecule has 0 aromatic heterocycles. The molecule has 0 aliphatic rings. The molecule has 0 aromatic carbocycles. The van der Waals surface area contributed by atoms with Crippen molar-refractivity contribution in [2.75, 3.05) is 7.11 Å². The van der Waals surface area contributed by atoms with Crippen molar-refractivity contribution >= 4 is 0 Å². The Hall–Kier alpha value is -0.480. The first kappa shape index (κ1) is 9.52. The number of hydrogen-bond donors (Lipinski definition) is 0. The first-order chi connectivity index (χ1) is 4.85. The second-order valence-corrected chi connectivity index (χ2v) is 2.20. The van der Waals surface area contributed by atoms with Gasteiger partial charge in [-0.2, -0.15) is 0 Å². The molecular weight excluding hydrogens is 124 g/mol. The molecule has 0 spiro atoms. The van der Waals surface area contributed by atoms with Gasteiger partial charge in [0.2, 0.25) is 0 Å². The van der Waals surface area contributed by atoms with Gasteiger partial charge in [0.25, 0.3) is 0 Å². The van der Waals surface area contributed by atoms with Crippen LogP contribution in [0, 0.1) is 11.8 Å². The maximum Gasteiger partial charge on any atom is 0.117 e. The normalized spacial score (nSPS) is 11.9.